The van der Waals surface area contributed by atoms with Gasteiger partial charge in [-0.3, -0.25) is 4.99 Å². The van der Waals surface area contributed by atoms with Gasteiger partial charge in [-0.25, -0.2) is 0 Å². The van der Waals surface area contributed by atoms with Gasteiger partial charge in [-0.15, -0.1) is 0 Å². The molecule has 0 amide bonds. The zero-order chi connectivity index (χ0) is 15.2. The maximum atomic E-state index is 6.27. The molecule has 0 bridgehead atoms. The van der Waals surface area contributed by atoms with Crippen LogP contribution in [0.25, 0.3) is 0 Å². The molecule has 3 rings (SSSR count). The van der Waals surface area contributed by atoms with Gasteiger partial charge in [-0.05, 0) is 74.9 Å². The number of piperidine rings is 1. The number of nitrogens with zero attached hydrogens (tertiary/aromatic N) is 1. The number of hydrogen-bond donors (Lipinski definition) is 1. The SMILES string of the molecule is CCC(Oc1ccc(C2=NCCCC2)cc1)C1CCCNC1. The molecule has 0 aliphatic carbocycles. The molecule has 1 N–H and O–H groups in total. The molecule has 1 aromatic rings. The lowest BCUT2D eigenvalue weighted by molar-refractivity contribution is 0.111. The maximum absolute atomic E-state index is 6.27. The van der Waals surface area contributed by atoms with E-state index in [-0.39, 0.29) is 0 Å². The van der Waals surface area contributed by atoms with E-state index in [4.69, 9.17) is 4.74 Å². The van der Waals surface area contributed by atoms with Crippen LogP contribution in [0.2, 0.25) is 0 Å². The summed E-state index contributed by atoms with van der Waals surface area (Å²) in [6.07, 6.45) is 7.56. The van der Waals surface area contributed by atoms with E-state index in [2.05, 4.69) is 41.5 Å². The van der Waals surface area contributed by atoms with Crippen LogP contribution >= 0.6 is 0 Å². The van der Waals surface area contributed by atoms with Crippen LogP contribution in [0.4, 0.5) is 0 Å². The van der Waals surface area contributed by atoms with Gasteiger partial charge in [0.15, 0.2) is 0 Å². The summed E-state index contributed by atoms with van der Waals surface area (Å²) in [5.41, 5.74) is 2.53. The van der Waals surface area contributed by atoms with Crippen molar-refractivity contribution in [3.63, 3.8) is 0 Å². The van der Waals surface area contributed by atoms with E-state index in [0.717, 1.165) is 38.2 Å². The lowest BCUT2D eigenvalue weighted by atomic mass is 9.92. The second-order valence-electron chi connectivity index (χ2n) is 6.48. The fourth-order valence-electron chi connectivity index (χ4n) is 3.54. The number of nitrogens with one attached hydrogen (secondary N) is 1. The fourth-order valence-corrected chi connectivity index (χ4v) is 3.54. The van der Waals surface area contributed by atoms with Crippen molar-refractivity contribution in [1.29, 1.82) is 0 Å². The number of benzene rings is 1. The zero-order valence-corrected chi connectivity index (χ0v) is 13.7. The monoisotopic (exact) mass is 300 g/mol. The molecule has 1 fully saturated rings. The maximum Gasteiger partial charge on any atom is 0.119 e. The van der Waals surface area contributed by atoms with Crippen LogP contribution in [0.15, 0.2) is 29.3 Å². The van der Waals surface area contributed by atoms with Crippen LogP contribution in [0.3, 0.4) is 0 Å². The third-order valence-corrected chi connectivity index (χ3v) is 4.86. The Morgan fingerprint density at radius 2 is 2.09 bits per heavy atom. The van der Waals surface area contributed by atoms with Gasteiger partial charge in [0.25, 0.3) is 0 Å². The van der Waals surface area contributed by atoms with Gasteiger partial charge in [0.1, 0.15) is 11.9 Å². The summed E-state index contributed by atoms with van der Waals surface area (Å²) < 4.78 is 6.27. The number of aliphatic imine (C=N–C) groups is 1. The largest absolute Gasteiger partial charge is 0.490 e. The summed E-state index contributed by atoms with van der Waals surface area (Å²) in [5, 5.41) is 3.49. The summed E-state index contributed by atoms with van der Waals surface area (Å²) in [6.45, 7) is 5.46. The van der Waals surface area contributed by atoms with E-state index in [0.29, 0.717) is 12.0 Å². The minimum Gasteiger partial charge on any atom is -0.490 e. The Morgan fingerprint density at radius 3 is 2.73 bits per heavy atom. The molecule has 2 unspecified atom stereocenters. The third-order valence-electron chi connectivity index (χ3n) is 4.86. The highest BCUT2D eigenvalue weighted by Gasteiger charge is 2.23. The van der Waals surface area contributed by atoms with Gasteiger partial charge in [0.2, 0.25) is 0 Å². The lowest BCUT2D eigenvalue weighted by Crippen LogP contribution is -2.39. The van der Waals surface area contributed by atoms with E-state index >= 15 is 0 Å². The van der Waals surface area contributed by atoms with Gasteiger partial charge >= 0.3 is 0 Å². The summed E-state index contributed by atoms with van der Waals surface area (Å²) in [6, 6.07) is 8.58. The Morgan fingerprint density at radius 1 is 1.23 bits per heavy atom. The normalized spacial score (nSPS) is 23.7. The average molecular weight is 300 g/mol. The number of hydrogen-bond acceptors (Lipinski definition) is 3. The van der Waals surface area contributed by atoms with E-state index in [1.54, 1.807) is 0 Å². The Bertz CT molecular complexity index is 489. The number of rotatable bonds is 5. The molecule has 0 radical (unpaired) electrons. The first kappa shape index (κ1) is 15.5. The van der Waals surface area contributed by atoms with Crippen molar-refractivity contribution in [2.75, 3.05) is 19.6 Å². The quantitative estimate of drug-likeness (QED) is 0.897. The Balaban J connectivity index is 1.63. The van der Waals surface area contributed by atoms with Crippen LogP contribution in [-0.4, -0.2) is 31.4 Å². The van der Waals surface area contributed by atoms with E-state index in [1.165, 1.54) is 37.0 Å². The topological polar surface area (TPSA) is 33.6 Å². The van der Waals surface area contributed by atoms with Crippen LogP contribution in [0.5, 0.6) is 5.75 Å². The van der Waals surface area contributed by atoms with Crippen LogP contribution in [0, 0.1) is 5.92 Å². The summed E-state index contributed by atoms with van der Waals surface area (Å²) in [4.78, 5) is 4.65. The minimum atomic E-state index is 0.325. The van der Waals surface area contributed by atoms with Crippen LogP contribution < -0.4 is 10.1 Å². The number of ether oxygens (including phenoxy) is 1. The second kappa shape index (κ2) is 7.77. The predicted octanol–water partition coefficient (Wildman–Crippen LogP) is 3.82. The molecular weight excluding hydrogens is 272 g/mol. The van der Waals surface area contributed by atoms with Crippen molar-refractivity contribution in [3.8, 4) is 5.75 Å². The van der Waals surface area contributed by atoms with Gasteiger partial charge < -0.3 is 10.1 Å². The fraction of sp³-hybridized carbons (Fsp3) is 0.632. The highest BCUT2D eigenvalue weighted by Crippen LogP contribution is 2.24. The molecule has 1 saturated heterocycles. The summed E-state index contributed by atoms with van der Waals surface area (Å²) in [7, 11) is 0. The van der Waals surface area contributed by atoms with Crippen molar-refractivity contribution >= 4 is 5.71 Å². The molecule has 22 heavy (non-hydrogen) atoms. The molecule has 3 nitrogen and oxygen atoms in total. The first-order valence-corrected chi connectivity index (χ1v) is 8.88. The van der Waals surface area contributed by atoms with Crippen molar-refractivity contribution in [2.24, 2.45) is 10.9 Å². The highest BCUT2D eigenvalue weighted by molar-refractivity contribution is 6.00. The molecule has 0 aromatic heterocycles. The first-order chi connectivity index (χ1) is 10.9. The Kier molecular flexibility index (Phi) is 5.49. The molecule has 2 aliphatic heterocycles. The van der Waals surface area contributed by atoms with E-state index in [1.807, 2.05) is 0 Å². The molecule has 2 aliphatic rings. The lowest BCUT2D eigenvalue weighted by Gasteiger charge is -2.30. The summed E-state index contributed by atoms with van der Waals surface area (Å²) >= 11 is 0. The average Bonchev–Trinajstić information content (AvgIpc) is 2.62. The van der Waals surface area contributed by atoms with Gasteiger partial charge in [0, 0.05) is 24.7 Å². The van der Waals surface area contributed by atoms with Crippen molar-refractivity contribution in [3.05, 3.63) is 29.8 Å². The summed E-state index contributed by atoms with van der Waals surface area (Å²) in [5.74, 6) is 1.64. The second-order valence-corrected chi connectivity index (χ2v) is 6.48. The van der Waals surface area contributed by atoms with E-state index < -0.39 is 0 Å². The van der Waals surface area contributed by atoms with Gasteiger partial charge in [-0.1, -0.05) is 6.92 Å². The van der Waals surface area contributed by atoms with Gasteiger partial charge in [-0.2, -0.15) is 0 Å². The molecular formula is C19H28N2O. The zero-order valence-electron chi connectivity index (χ0n) is 13.7. The molecule has 2 atom stereocenters. The van der Waals surface area contributed by atoms with E-state index in [9.17, 15) is 0 Å². The molecule has 2 heterocycles. The molecule has 3 heteroatoms. The standard InChI is InChI=1S/C19H28N2O/c1-2-19(16-6-5-12-20-14-16)22-17-10-8-15(9-11-17)18-7-3-4-13-21-18/h8-11,16,19-20H,2-7,12-14H2,1H3. The van der Waals surface area contributed by atoms with Crippen LogP contribution in [0.1, 0.15) is 51.0 Å². The Hall–Kier alpha value is -1.35. The van der Waals surface area contributed by atoms with Crippen molar-refractivity contribution < 1.29 is 4.74 Å². The Labute approximate surface area is 134 Å². The first-order valence-electron chi connectivity index (χ1n) is 8.88. The molecule has 120 valence electrons. The minimum absolute atomic E-state index is 0.325. The van der Waals surface area contributed by atoms with Crippen molar-refractivity contribution in [2.45, 2.75) is 51.6 Å². The third kappa shape index (κ3) is 3.89. The highest BCUT2D eigenvalue weighted by atomic mass is 16.5. The molecule has 0 spiro atoms. The predicted molar refractivity (Wildman–Crippen MR) is 92.0 cm³/mol. The van der Waals surface area contributed by atoms with Gasteiger partial charge in [0.05, 0.1) is 0 Å². The molecule has 0 saturated carbocycles. The van der Waals surface area contributed by atoms with Crippen molar-refractivity contribution in [1.82, 2.24) is 5.32 Å². The smallest absolute Gasteiger partial charge is 0.119 e. The van der Waals surface area contributed by atoms with Crippen LogP contribution in [-0.2, 0) is 0 Å². The molecule has 1 aromatic carbocycles.